The number of nitrogens with two attached hydrogens (primary N) is 1. The van der Waals surface area contributed by atoms with Gasteiger partial charge in [-0.25, -0.2) is 0 Å². The quantitative estimate of drug-likeness (QED) is 0.843. The minimum absolute atomic E-state index is 0. The molecule has 1 aliphatic heterocycles. The number of piperidine rings is 1. The Balaban J connectivity index is 0.00000225. The van der Waals surface area contributed by atoms with Gasteiger partial charge in [0.05, 0.1) is 6.04 Å². The summed E-state index contributed by atoms with van der Waals surface area (Å²) >= 11 is 1.74. The van der Waals surface area contributed by atoms with Gasteiger partial charge in [0.15, 0.2) is 0 Å². The molecule has 96 valence electrons. The summed E-state index contributed by atoms with van der Waals surface area (Å²) in [6, 6.07) is -0.286. The average Bonchev–Trinajstić information content (AvgIpc) is 2.26. The van der Waals surface area contributed by atoms with Crippen molar-refractivity contribution < 1.29 is 4.79 Å². The van der Waals surface area contributed by atoms with Crippen LogP contribution in [0.5, 0.6) is 0 Å². The highest BCUT2D eigenvalue weighted by atomic mass is 35.5. The Morgan fingerprint density at radius 2 is 2.06 bits per heavy atom. The molecule has 0 saturated carbocycles. The van der Waals surface area contributed by atoms with Crippen LogP contribution >= 0.6 is 24.2 Å². The van der Waals surface area contributed by atoms with Gasteiger partial charge in [-0.1, -0.05) is 6.92 Å². The number of carbonyl (C=O) groups is 1. The average molecular weight is 267 g/mol. The molecule has 2 N–H and O–H groups in total. The van der Waals surface area contributed by atoms with Crippen LogP contribution < -0.4 is 5.73 Å². The number of thioether (sulfide) groups is 1. The summed E-state index contributed by atoms with van der Waals surface area (Å²) in [6.45, 7) is 4.04. The van der Waals surface area contributed by atoms with Gasteiger partial charge in [-0.05, 0) is 37.2 Å². The second kappa shape index (κ2) is 8.20. The van der Waals surface area contributed by atoms with E-state index in [1.807, 2.05) is 11.2 Å². The van der Waals surface area contributed by atoms with Crippen LogP contribution in [0.3, 0.4) is 0 Å². The number of hydrogen-bond donors (Lipinski definition) is 1. The van der Waals surface area contributed by atoms with Gasteiger partial charge in [0.2, 0.25) is 5.91 Å². The Bertz CT molecular complexity index is 208. The van der Waals surface area contributed by atoms with E-state index >= 15 is 0 Å². The summed E-state index contributed by atoms with van der Waals surface area (Å²) in [5, 5.41) is 0. The molecular weight excluding hydrogens is 244 g/mol. The molecule has 1 heterocycles. The smallest absolute Gasteiger partial charge is 0.239 e. The van der Waals surface area contributed by atoms with Crippen molar-refractivity contribution >= 4 is 30.1 Å². The number of hydrogen-bond acceptors (Lipinski definition) is 3. The normalized spacial score (nSPS) is 19.1. The first-order valence-electron chi connectivity index (χ1n) is 5.68. The van der Waals surface area contributed by atoms with E-state index in [-0.39, 0.29) is 24.4 Å². The lowest BCUT2D eigenvalue weighted by Crippen LogP contribution is -2.47. The fourth-order valence-electron chi connectivity index (χ4n) is 1.83. The van der Waals surface area contributed by atoms with Crippen molar-refractivity contribution in [1.82, 2.24) is 4.90 Å². The zero-order valence-corrected chi connectivity index (χ0v) is 11.8. The van der Waals surface area contributed by atoms with Crippen LogP contribution in [0.1, 0.15) is 26.2 Å². The van der Waals surface area contributed by atoms with Gasteiger partial charge in [-0.2, -0.15) is 11.8 Å². The van der Waals surface area contributed by atoms with Gasteiger partial charge >= 0.3 is 0 Å². The van der Waals surface area contributed by atoms with E-state index in [0.29, 0.717) is 0 Å². The monoisotopic (exact) mass is 266 g/mol. The standard InChI is InChI=1S/C11H22N2OS.ClH/c1-9-3-6-13(7-4-9)11(14)10(12)5-8-15-2;/h9-10H,3-8,12H2,1-2H3;1H. The van der Waals surface area contributed by atoms with E-state index in [1.165, 1.54) is 0 Å². The summed E-state index contributed by atoms with van der Waals surface area (Å²) in [5.74, 6) is 1.88. The molecule has 0 aromatic heterocycles. The maximum absolute atomic E-state index is 11.9. The van der Waals surface area contributed by atoms with Gasteiger partial charge in [0.1, 0.15) is 0 Å². The molecule has 1 fully saturated rings. The number of nitrogens with zero attached hydrogens (tertiary/aromatic N) is 1. The zero-order chi connectivity index (χ0) is 11.3. The number of carbonyl (C=O) groups excluding carboxylic acids is 1. The fraction of sp³-hybridized carbons (Fsp3) is 0.909. The molecule has 1 unspecified atom stereocenters. The van der Waals surface area contributed by atoms with E-state index in [1.54, 1.807) is 11.8 Å². The minimum atomic E-state index is -0.286. The highest BCUT2D eigenvalue weighted by Crippen LogP contribution is 2.16. The lowest BCUT2D eigenvalue weighted by molar-refractivity contribution is -0.133. The second-order valence-electron chi connectivity index (χ2n) is 4.40. The molecule has 16 heavy (non-hydrogen) atoms. The minimum Gasteiger partial charge on any atom is -0.341 e. The Labute approximate surface area is 109 Å². The molecule has 1 saturated heterocycles. The predicted octanol–water partition coefficient (Wildman–Crippen LogP) is 1.75. The van der Waals surface area contributed by atoms with Crippen molar-refractivity contribution in [1.29, 1.82) is 0 Å². The maximum atomic E-state index is 11.9. The molecule has 0 radical (unpaired) electrons. The van der Waals surface area contributed by atoms with E-state index < -0.39 is 0 Å². The van der Waals surface area contributed by atoms with Crippen LogP contribution in [0.15, 0.2) is 0 Å². The number of likely N-dealkylation sites (tertiary alicyclic amines) is 1. The molecule has 1 rings (SSSR count). The third-order valence-electron chi connectivity index (χ3n) is 3.05. The topological polar surface area (TPSA) is 46.3 Å². The van der Waals surface area contributed by atoms with Crippen molar-refractivity contribution in [3.8, 4) is 0 Å². The molecule has 0 aliphatic carbocycles. The summed E-state index contributed by atoms with van der Waals surface area (Å²) in [7, 11) is 0. The highest BCUT2D eigenvalue weighted by molar-refractivity contribution is 7.98. The molecule has 1 aliphatic rings. The van der Waals surface area contributed by atoms with E-state index in [0.717, 1.165) is 44.0 Å². The van der Waals surface area contributed by atoms with Crippen LogP contribution in [0.4, 0.5) is 0 Å². The predicted molar refractivity (Wildman–Crippen MR) is 73.2 cm³/mol. The summed E-state index contributed by atoms with van der Waals surface area (Å²) in [4.78, 5) is 13.8. The van der Waals surface area contributed by atoms with Crippen molar-refractivity contribution in [2.24, 2.45) is 11.7 Å². The first-order valence-corrected chi connectivity index (χ1v) is 7.08. The third-order valence-corrected chi connectivity index (χ3v) is 3.69. The lowest BCUT2D eigenvalue weighted by Gasteiger charge is -2.32. The zero-order valence-electron chi connectivity index (χ0n) is 10.1. The Morgan fingerprint density at radius 1 is 1.50 bits per heavy atom. The second-order valence-corrected chi connectivity index (χ2v) is 5.38. The third kappa shape index (κ3) is 4.93. The number of halogens is 1. The summed E-state index contributed by atoms with van der Waals surface area (Å²) < 4.78 is 0. The van der Waals surface area contributed by atoms with Crippen molar-refractivity contribution in [2.45, 2.75) is 32.2 Å². The van der Waals surface area contributed by atoms with Gasteiger partial charge in [0, 0.05) is 13.1 Å². The molecule has 0 spiro atoms. The van der Waals surface area contributed by atoms with Crippen molar-refractivity contribution in [3.63, 3.8) is 0 Å². The molecule has 1 amide bonds. The Kier molecular flexibility index (Phi) is 8.24. The fourth-order valence-corrected chi connectivity index (χ4v) is 2.32. The molecule has 0 aromatic rings. The van der Waals surface area contributed by atoms with Crippen LogP contribution in [-0.4, -0.2) is 41.9 Å². The Hall–Kier alpha value is 0.0700. The molecule has 0 aromatic carbocycles. The van der Waals surface area contributed by atoms with Gasteiger partial charge < -0.3 is 10.6 Å². The summed E-state index contributed by atoms with van der Waals surface area (Å²) in [6.07, 6.45) is 5.09. The molecule has 1 atom stereocenters. The van der Waals surface area contributed by atoms with Crippen LogP contribution in [0.25, 0.3) is 0 Å². The van der Waals surface area contributed by atoms with Crippen LogP contribution in [0, 0.1) is 5.92 Å². The lowest BCUT2D eigenvalue weighted by atomic mass is 9.98. The van der Waals surface area contributed by atoms with Crippen LogP contribution in [-0.2, 0) is 4.79 Å². The van der Waals surface area contributed by atoms with Gasteiger partial charge in [0.25, 0.3) is 0 Å². The molecule has 0 bridgehead atoms. The van der Waals surface area contributed by atoms with E-state index in [4.69, 9.17) is 5.73 Å². The molecule has 3 nitrogen and oxygen atoms in total. The van der Waals surface area contributed by atoms with E-state index in [2.05, 4.69) is 6.92 Å². The number of rotatable bonds is 4. The number of amides is 1. The van der Waals surface area contributed by atoms with Gasteiger partial charge in [-0.15, -0.1) is 12.4 Å². The maximum Gasteiger partial charge on any atom is 0.239 e. The Morgan fingerprint density at radius 3 is 2.56 bits per heavy atom. The van der Waals surface area contributed by atoms with Crippen LogP contribution in [0.2, 0.25) is 0 Å². The first-order chi connectivity index (χ1) is 7.15. The largest absolute Gasteiger partial charge is 0.341 e. The highest BCUT2D eigenvalue weighted by Gasteiger charge is 2.24. The van der Waals surface area contributed by atoms with Crippen molar-refractivity contribution in [3.05, 3.63) is 0 Å². The van der Waals surface area contributed by atoms with Gasteiger partial charge in [-0.3, -0.25) is 4.79 Å². The summed E-state index contributed by atoms with van der Waals surface area (Å²) in [5.41, 5.74) is 5.86. The first kappa shape index (κ1) is 16.1. The molecule has 5 heteroatoms. The SMILES string of the molecule is CSCCC(N)C(=O)N1CCC(C)CC1.Cl. The van der Waals surface area contributed by atoms with Crippen molar-refractivity contribution in [2.75, 3.05) is 25.1 Å². The molecular formula is C11H23ClN2OS. The van der Waals surface area contributed by atoms with E-state index in [9.17, 15) is 4.79 Å².